The zero-order chi connectivity index (χ0) is 23.7. The minimum absolute atomic E-state index is 0.0514. The lowest BCUT2D eigenvalue weighted by atomic mass is 10.1. The molecule has 0 amide bonds. The number of hydrogen-bond donors (Lipinski definition) is 0. The van der Waals surface area contributed by atoms with Gasteiger partial charge in [0.15, 0.2) is 0 Å². The second kappa shape index (κ2) is 15.8. The highest BCUT2D eigenvalue weighted by Gasteiger charge is 2.10. The van der Waals surface area contributed by atoms with Gasteiger partial charge in [0, 0.05) is 12.1 Å². The molecule has 0 aromatic heterocycles. The molecule has 0 saturated carbocycles. The van der Waals surface area contributed by atoms with Crippen molar-refractivity contribution in [2.24, 2.45) is 0 Å². The first-order valence-electron chi connectivity index (χ1n) is 12.3. The van der Waals surface area contributed by atoms with E-state index in [2.05, 4.69) is 6.92 Å². The number of unbranched alkanes of at least 4 members (excludes halogenated alkanes) is 11. The molecule has 0 spiro atoms. The molecule has 0 N–H and O–H groups in total. The summed E-state index contributed by atoms with van der Waals surface area (Å²) in [6, 6.07) is 12.2. The van der Waals surface area contributed by atoms with E-state index in [9.17, 15) is 14.9 Å². The smallest absolute Gasteiger partial charge is 0.343 e. The van der Waals surface area contributed by atoms with E-state index in [-0.39, 0.29) is 11.4 Å². The van der Waals surface area contributed by atoms with Gasteiger partial charge in [-0.2, -0.15) is 0 Å². The van der Waals surface area contributed by atoms with Gasteiger partial charge in [-0.05, 0) is 42.8 Å². The number of carbonyl (C=O) groups is 1. The van der Waals surface area contributed by atoms with E-state index in [1.54, 1.807) is 24.3 Å². The topological polar surface area (TPSA) is 78.7 Å². The summed E-state index contributed by atoms with van der Waals surface area (Å²) in [5, 5.41) is 10.7. The Bertz CT molecular complexity index is 817. The predicted octanol–water partition coefficient (Wildman–Crippen LogP) is 7.89. The summed E-state index contributed by atoms with van der Waals surface area (Å²) in [5.74, 6) is 0.472. The summed E-state index contributed by atoms with van der Waals surface area (Å²) in [6.07, 6.45) is 15.7. The van der Waals surface area contributed by atoms with Crippen LogP contribution in [0.25, 0.3) is 0 Å². The lowest BCUT2D eigenvalue weighted by molar-refractivity contribution is -0.384. The Morgan fingerprint density at radius 1 is 0.727 bits per heavy atom. The first-order chi connectivity index (χ1) is 16.1. The van der Waals surface area contributed by atoms with Gasteiger partial charge in [-0.3, -0.25) is 10.1 Å². The van der Waals surface area contributed by atoms with Gasteiger partial charge in [0.25, 0.3) is 5.69 Å². The van der Waals surface area contributed by atoms with E-state index in [1.807, 2.05) is 0 Å². The van der Waals surface area contributed by atoms with Crippen molar-refractivity contribution in [1.29, 1.82) is 0 Å². The standard InChI is InChI=1S/C27H37NO5/c1-2-3-4-5-6-7-8-9-10-11-12-13-22-32-25-18-14-23(15-19-25)27(29)33-26-20-16-24(17-21-26)28(30)31/h14-21H,2-13,22H2,1H3. The van der Waals surface area contributed by atoms with Gasteiger partial charge in [-0.25, -0.2) is 4.79 Å². The third-order valence-electron chi connectivity index (χ3n) is 5.61. The summed E-state index contributed by atoms with van der Waals surface area (Å²) in [7, 11) is 0. The Labute approximate surface area is 197 Å². The van der Waals surface area contributed by atoms with Crippen LogP contribution in [0.15, 0.2) is 48.5 Å². The second-order valence-corrected chi connectivity index (χ2v) is 8.40. The minimum atomic E-state index is -0.517. The molecule has 2 aromatic carbocycles. The van der Waals surface area contributed by atoms with E-state index >= 15 is 0 Å². The fourth-order valence-electron chi connectivity index (χ4n) is 3.62. The molecule has 2 aromatic rings. The van der Waals surface area contributed by atoms with Crippen molar-refractivity contribution >= 4 is 11.7 Å². The third kappa shape index (κ3) is 11.0. The Morgan fingerprint density at radius 3 is 1.73 bits per heavy atom. The van der Waals surface area contributed by atoms with Crippen molar-refractivity contribution in [1.82, 2.24) is 0 Å². The van der Waals surface area contributed by atoms with E-state index < -0.39 is 10.9 Å². The van der Waals surface area contributed by atoms with Gasteiger partial charge in [0.05, 0.1) is 17.1 Å². The van der Waals surface area contributed by atoms with Crippen molar-refractivity contribution in [3.05, 3.63) is 64.2 Å². The quantitative estimate of drug-likeness (QED) is 0.0796. The van der Waals surface area contributed by atoms with Gasteiger partial charge in [-0.15, -0.1) is 0 Å². The van der Waals surface area contributed by atoms with Crippen LogP contribution in [0.1, 0.15) is 94.3 Å². The second-order valence-electron chi connectivity index (χ2n) is 8.40. The number of carbonyl (C=O) groups excluding carboxylic acids is 1. The average Bonchev–Trinajstić information content (AvgIpc) is 2.82. The molecule has 0 unspecified atom stereocenters. The number of esters is 1. The van der Waals surface area contributed by atoms with Crippen LogP contribution in [0, 0.1) is 10.1 Å². The molecule has 0 fully saturated rings. The largest absolute Gasteiger partial charge is 0.494 e. The summed E-state index contributed by atoms with van der Waals surface area (Å²) in [6.45, 7) is 2.93. The van der Waals surface area contributed by atoms with Crippen LogP contribution >= 0.6 is 0 Å². The first-order valence-corrected chi connectivity index (χ1v) is 12.3. The van der Waals surface area contributed by atoms with Crippen LogP contribution < -0.4 is 9.47 Å². The third-order valence-corrected chi connectivity index (χ3v) is 5.61. The van der Waals surface area contributed by atoms with Gasteiger partial charge in [0.2, 0.25) is 0 Å². The number of ether oxygens (including phenoxy) is 2. The average molecular weight is 456 g/mol. The van der Waals surface area contributed by atoms with Crippen molar-refractivity contribution in [2.45, 2.75) is 84.0 Å². The van der Waals surface area contributed by atoms with E-state index in [1.165, 1.54) is 94.9 Å². The van der Waals surface area contributed by atoms with Crippen LogP contribution in [0.4, 0.5) is 5.69 Å². The Kier molecular flexibility index (Phi) is 12.7. The van der Waals surface area contributed by atoms with Gasteiger partial charge in [-0.1, -0.05) is 77.6 Å². The van der Waals surface area contributed by atoms with E-state index in [4.69, 9.17) is 9.47 Å². The fourth-order valence-corrected chi connectivity index (χ4v) is 3.62. The van der Waals surface area contributed by atoms with Gasteiger partial charge >= 0.3 is 5.97 Å². The maximum absolute atomic E-state index is 12.2. The lowest BCUT2D eigenvalue weighted by Gasteiger charge is -2.08. The summed E-state index contributed by atoms with van der Waals surface area (Å²) in [4.78, 5) is 22.4. The zero-order valence-corrected chi connectivity index (χ0v) is 19.8. The molecule has 0 atom stereocenters. The maximum Gasteiger partial charge on any atom is 0.343 e. The molecule has 0 aliphatic rings. The monoisotopic (exact) mass is 455 g/mol. The molecular formula is C27H37NO5. The number of non-ortho nitro benzene ring substituents is 1. The van der Waals surface area contributed by atoms with Crippen LogP contribution in [-0.4, -0.2) is 17.5 Å². The van der Waals surface area contributed by atoms with Crippen molar-refractivity contribution in [3.8, 4) is 11.5 Å². The van der Waals surface area contributed by atoms with E-state index in [0.717, 1.165) is 12.2 Å². The number of nitro benzene ring substituents is 1. The van der Waals surface area contributed by atoms with Gasteiger partial charge in [0.1, 0.15) is 11.5 Å². The number of nitrogens with zero attached hydrogens (tertiary/aromatic N) is 1. The van der Waals surface area contributed by atoms with Crippen LogP contribution in [-0.2, 0) is 0 Å². The molecule has 180 valence electrons. The highest BCUT2D eigenvalue weighted by atomic mass is 16.6. The van der Waals surface area contributed by atoms with Crippen LogP contribution in [0.5, 0.6) is 11.5 Å². The fraction of sp³-hybridized carbons (Fsp3) is 0.519. The maximum atomic E-state index is 12.2. The Morgan fingerprint density at radius 2 is 1.21 bits per heavy atom. The van der Waals surface area contributed by atoms with Crippen molar-refractivity contribution in [3.63, 3.8) is 0 Å². The SMILES string of the molecule is CCCCCCCCCCCCCCOc1ccc(C(=O)Oc2ccc([N+](=O)[O-])cc2)cc1. The highest BCUT2D eigenvalue weighted by molar-refractivity contribution is 5.91. The van der Waals surface area contributed by atoms with Crippen molar-refractivity contribution in [2.75, 3.05) is 6.61 Å². The highest BCUT2D eigenvalue weighted by Crippen LogP contribution is 2.20. The van der Waals surface area contributed by atoms with Crippen LogP contribution in [0.2, 0.25) is 0 Å². The molecular weight excluding hydrogens is 418 g/mol. The number of rotatable bonds is 17. The van der Waals surface area contributed by atoms with Gasteiger partial charge < -0.3 is 9.47 Å². The number of hydrogen-bond acceptors (Lipinski definition) is 5. The Hall–Kier alpha value is -2.89. The van der Waals surface area contributed by atoms with E-state index in [0.29, 0.717) is 12.2 Å². The number of benzene rings is 2. The molecule has 0 aliphatic carbocycles. The lowest BCUT2D eigenvalue weighted by Crippen LogP contribution is -2.08. The summed E-state index contributed by atoms with van der Waals surface area (Å²) in [5.41, 5.74) is 0.343. The molecule has 2 rings (SSSR count). The molecule has 0 heterocycles. The number of nitro groups is 1. The zero-order valence-electron chi connectivity index (χ0n) is 19.8. The predicted molar refractivity (Wildman–Crippen MR) is 131 cm³/mol. The molecule has 6 nitrogen and oxygen atoms in total. The molecule has 6 heteroatoms. The molecule has 33 heavy (non-hydrogen) atoms. The summed E-state index contributed by atoms with van der Waals surface area (Å²) < 4.78 is 11.0. The minimum Gasteiger partial charge on any atom is -0.494 e. The molecule has 0 saturated heterocycles. The summed E-state index contributed by atoms with van der Waals surface area (Å²) >= 11 is 0. The van der Waals surface area contributed by atoms with Crippen molar-refractivity contribution < 1.29 is 19.2 Å². The molecule has 0 radical (unpaired) electrons. The Balaban J connectivity index is 1.54. The molecule has 0 aliphatic heterocycles. The normalized spacial score (nSPS) is 10.7. The molecule has 0 bridgehead atoms. The first kappa shape index (κ1) is 26.4. The van der Waals surface area contributed by atoms with Crippen LogP contribution in [0.3, 0.4) is 0 Å².